The van der Waals surface area contributed by atoms with Crippen molar-refractivity contribution < 1.29 is 5.11 Å². The van der Waals surface area contributed by atoms with Gasteiger partial charge in [-0.3, -0.25) is 4.90 Å². The van der Waals surface area contributed by atoms with Crippen LogP contribution in [-0.4, -0.2) is 29.7 Å². The van der Waals surface area contributed by atoms with Crippen molar-refractivity contribution in [1.82, 2.24) is 4.90 Å². The molecular formula is C17H20ClNO. The Morgan fingerprint density at radius 2 is 1.60 bits per heavy atom. The second-order valence-corrected chi connectivity index (χ2v) is 5.23. The minimum Gasteiger partial charge on any atom is -0.395 e. The minimum atomic E-state index is 0.166. The third kappa shape index (κ3) is 4.64. The monoisotopic (exact) mass is 289 g/mol. The van der Waals surface area contributed by atoms with Crippen molar-refractivity contribution in [3.63, 3.8) is 0 Å². The van der Waals surface area contributed by atoms with E-state index in [4.69, 9.17) is 11.6 Å². The predicted molar refractivity (Wildman–Crippen MR) is 84.0 cm³/mol. The summed E-state index contributed by atoms with van der Waals surface area (Å²) in [4.78, 5) is 2.23. The van der Waals surface area contributed by atoms with Crippen molar-refractivity contribution in [2.75, 3.05) is 19.7 Å². The Kier molecular flexibility index (Phi) is 6.06. The van der Waals surface area contributed by atoms with Crippen molar-refractivity contribution in [3.05, 3.63) is 70.7 Å². The van der Waals surface area contributed by atoms with Crippen LogP contribution in [0.5, 0.6) is 0 Å². The molecule has 0 atom stereocenters. The van der Waals surface area contributed by atoms with Crippen molar-refractivity contribution in [2.45, 2.75) is 13.0 Å². The lowest BCUT2D eigenvalue weighted by atomic mass is 10.1. The standard InChI is InChI=1S/C17H20ClNO/c18-17-9-5-4-8-16(17)14-19(12-13-20)11-10-15-6-2-1-3-7-15/h1-9,20H,10-14H2. The van der Waals surface area contributed by atoms with Gasteiger partial charge in [0.25, 0.3) is 0 Å². The van der Waals surface area contributed by atoms with Gasteiger partial charge in [-0.15, -0.1) is 0 Å². The molecule has 2 nitrogen and oxygen atoms in total. The van der Waals surface area contributed by atoms with Crippen LogP contribution in [0.3, 0.4) is 0 Å². The van der Waals surface area contributed by atoms with E-state index in [9.17, 15) is 5.11 Å². The summed E-state index contributed by atoms with van der Waals surface area (Å²) in [5.41, 5.74) is 2.42. The Morgan fingerprint density at radius 3 is 2.30 bits per heavy atom. The van der Waals surface area contributed by atoms with Gasteiger partial charge in [0.1, 0.15) is 0 Å². The quantitative estimate of drug-likeness (QED) is 0.845. The van der Waals surface area contributed by atoms with Gasteiger partial charge in [-0.25, -0.2) is 0 Å². The molecule has 106 valence electrons. The molecule has 0 aliphatic carbocycles. The van der Waals surface area contributed by atoms with E-state index < -0.39 is 0 Å². The van der Waals surface area contributed by atoms with Gasteiger partial charge in [-0.2, -0.15) is 0 Å². The highest BCUT2D eigenvalue weighted by molar-refractivity contribution is 6.31. The molecule has 0 heterocycles. The lowest BCUT2D eigenvalue weighted by Crippen LogP contribution is -2.28. The Balaban J connectivity index is 1.95. The molecule has 0 aromatic heterocycles. The van der Waals surface area contributed by atoms with Crippen molar-refractivity contribution >= 4 is 11.6 Å². The van der Waals surface area contributed by atoms with Crippen LogP contribution in [0.1, 0.15) is 11.1 Å². The zero-order chi connectivity index (χ0) is 14.2. The number of nitrogens with zero attached hydrogens (tertiary/aromatic N) is 1. The van der Waals surface area contributed by atoms with E-state index in [1.54, 1.807) is 0 Å². The van der Waals surface area contributed by atoms with Gasteiger partial charge in [-0.1, -0.05) is 60.1 Å². The molecular weight excluding hydrogens is 270 g/mol. The van der Waals surface area contributed by atoms with Gasteiger partial charge in [0.15, 0.2) is 0 Å². The average Bonchev–Trinajstić information content (AvgIpc) is 2.48. The molecule has 2 aromatic carbocycles. The lowest BCUT2D eigenvalue weighted by Gasteiger charge is -2.22. The molecule has 0 amide bonds. The SMILES string of the molecule is OCCN(CCc1ccccc1)Cc1ccccc1Cl. The van der Waals surface area contributed by atoms with E-state index in [0.717, 1.165) is 30.1 Å². The number of aliphatic hydroxyl groups excluding tert-OH is 1. The first-order valence-corrected chi connectivity index (χ1v) is 7.28. The van der Waals surface area contributed by atoms with Crippen LogP contribution in [0.4, 0.5) is 0 Å². The number of benzene rings is 2. The minimum absolute atomic E-state index is 0.166. The van der Waals surface area contributed by atoms with Crippen molar-refractivity contribution in [1.29, 1.82) is 0 Å². The largest absolute Gasteiger partial charge is 0.395 e. The fourth-order valence-electron chi connectivity index (χ4n) is 2.21. The van der Waals surface area contributed by atoms with Crippen LogP contribution in [0.2, 0.25) is 5.02 Å². The summed E-state index contributed by atoms with van der Waals surface area (Å²) in [7, 11) is 0. The molecule has 0 fully saturated rings. The fraction of sp³-hybridized carbons (Fsp3) is 0.294. The maximum Gasteiger partial charge on any atom is 0.0558 e. The fourth-order valence-corrected chi connectivity index (χ4v) is 2.41. The van der Waals surface area contributed by atoms with Crippen LogP contribution in [0.25, 0.3) is 0 Å². The maximum atomic E-state index is 9.21. The number of hydrogen-bond acceptors (Lipinski definition) is 2. The van der Waals surface area contributed by atoms with Crippen LogP contribution < -0.4 is 0 Å². The maximum absolute atomic E-state index is 9.21. The van der Waals surface area contributed by atoms with Crippen molar-refractivity contribution in [2.24, 2.45) is 0 Å². The molecule has 0 spiro atoms. The molecule has 2 rings (SSSR count). The van der Waals surface area contributed by atoms with E-state index in [0.29, 0.717) is 6.54 Å². The molecule has 0 aliphatic heterocycles. The van der Waals surface area contributed by atoms with Crippen LogP contribution >= 0.6 is 11.6 Å². The van der Waals surface area contributed by atoms with Crippen LogP contribution in [-0.2, 0) is 13.0 Å². The number of hydrogen-bond donors (Lipinski definition) is 1. The van der Waals surface area contributed by atoms with Crippen LogP contribution in [0.15, 0.2) is 54.6 Å². The number of aliphatic hydroxyl groups is 1. The van der Waals surface area contributed by atoms with Gasteiger partial charge in [0.2, 0.25) is 0 Å². The summed E-state index contributed by atoms with van der Waals surface area (Å²) < 4.78 is 0. The molecule has 0 bridgehead atoms. The predicted octanol–water partition coefficient (Wildman–Crippen LogP) is 3.38. The lowest BCUT2D eigenvalue weighted by molar-refractivity contribution is 0.191. The van der Waals surface area contributed by atoms with E-state index >= 15 is 0 Å². The number of halogens is 1. The highest BCUT2D eigenvalue weighted by Gasteiger charge is 2.08. The molecule has 0 unspecified atom stereocenters. The molecule has 3 heteroatoms. The van der Waals surface area contributed by atoms with Crippen LogP contribution in [0, 0.1) is 0 Å². The third-order valence-electron chi connectivity index (χ3n) is 3.33. The highest BCUT2D eigenvalue weighted by atomic mass is 35.5. The topological polar surface area (TPSA) is 23.5 Å². The van der Waals surface area contributed by atoms with Gasteiger partial charge in [-0.05, 0) is 23.6 Å². The molecule has 0 saturated carbocycles. The first kappa shape index (κ1) is 15.0. The van der Waals surface area contributed by atoms with Gasteiger partial charge >= 0.3 is 0 Å². The summed E-state index contributed by atoms with van der Waals surface area (Å²) in [6, 6.07) is 18.3. The molecule has 2 aromatic rings. The zero-order valence-electron chi connectivity index (χ0n) is 11.5. The first-order valence-electron chi connectivity index (χ1n) is 6.90. The van der Waals surface area contributed by atoms with Gasteiger partial charge in [0.05, 0.1) is 6.61 Å². The summed E-state index contributed by atoms with van der Waals surface area (Å²) in [5, 5.41) is 9.99. The molecule has 0 radical (unpaired) electrons. The molecule has 1 N–H and O–H groups in total. The Labute approximate surface area is 125 Å². The smallest absolute Gasteiger partial charge is 0.0558 e. The summed E-state index contributed by atoms with van der Waals surface area (Å²) in [6.07, 6.45) is 0.977. The summed E-state index contributed by atoms with van der Waals surface area (Å²) >= 11 is 6.20. The number of rotatable bonds is 7. The van der Waals surface area contributed by atoms with E-state index in [2.05, 4.69) is 29.2 Å². The van der Waals surface area contributed by atoms with Crippen molar-refractivity contribution in [3.8, 4) is 0 Å². The average molecular weight is 290 g/mol. The third-order valence-corrected chi connectivity index (χ3v) is 3.70. The van der Waals surface area contributed by atoms with Gasteiger partial charge in [0, 0.05) is 24.7 Å². The van der Waals surface area contributed by atoms with E-state index in [1.807, 2.05) is 30.3 Å². The Hall–Kier alpha value is -1.35. The van der Waals surface area contributed by atoms with Gasteiger partial charge < -0.3 is 5.11 Å². The summed E-state index contributed by atoms with van der Waals surface area (Å²) in [6.45, 7) is 2.51. The Bertz CT molecular complexity index is 515. The first-order chi connectivity index (χ1) is 9.79. The van der Waals surface area contributed by atoms with E-state index in [-0.39, 0.29) is 6.61 Å². The summed E-state index contributed by atoms with van der Waals surface area (Å²) in [5.74, 6) is 0. The Morgan fingerprint density at radius 1 is 0.900 bits per heavy atom. The van der Waals surface area contributed by atoms with E-state index in [1.165, 1.54) is 5.56 Å². The zero-order valence-corrected chi connectivity index (χ0v) is 12.3. The second kappa shape index (κ2) is 8.05. The second-order valence-electron chi connectivity index (χ2n) is 4.83. The molecule has 20 heavy (non-hydrogen) atoms. The normalized spacial score (nSPS) is 10.9. The highest BCUT2D eigenvalue weighted by Crippen LogP contribution is 2.17. The molecule has 0 saturated heterocycles. The molecule has 0 aliphatic rings.